The summed E-state index contributed by atoms with van der Waals surface area (Å²) in [5, 5.41) is 0. The number of anilines is 2. The van der Waals surface area contributed by atoms with Crippen LogP contribution >= 0.6 is 0 Å². The van der Waals surface area contributed by atoms with Crippen LogP contribution in [0.4, 0.5) is 11.4 Å². The molecule has 0 radical (unpaired) electrons. The highest BCUT2D eigenvalue weighted by Gasteiger charge is 2.44. The van der Waals surface area contributed by atoms with Gasteiger partial charge in [-0.3, -0.25) is 0 Å². The molecular weight excluding hydrogens is 316 g/mol. The van der Waals surface area contributed by atoms with Crippen LogP contribution in [0.3, 0.4) is 0 Å². The predicted octanol–water partition coefficient (Wildman–Crippen LogP) is 5.84. The zero-order valence-corrected chi connectivity index (χ0v) is 15.6. The minimum Gasteiger partial charge on any atom is -0.343 e. The maximum Gasteiger partial charge on any atom is 0.110 e. The third-order valence-electron chi connectivity index (χ3n) is 5.66. The zero-order chi connectivity index (χ0) is 18.0. The molecule has 1 aliphatic rings. The fourth-order valence-corrected chi connectivity index (χ4v) is 4.01. The Morgan fingerprint density at radius 1 is 0.615 bits per heavy atom. The molecule has 2 nitrogen and oxygen atoms in total. The fourth-order valence-electron chi connectivity index (χ4n) is 4.01. The van der Waals surface area contributed by atoms with E-state index in [0.29, 0.717) is 0 Å². The first-order valence-electron chi connectivity index (χ1n) is 9.44. The summed E-state index contributed by atoms with van der Waals surface area (Å²) < 4.78 is 0. The van der Waals surface area contributed by atoms with Crippen molar-refractivity contribution in [3.63, 3.8) is 0 Å². The van der Waals surface area contributed by atoms with Gasteiger partial charge in [-0.05, 0) is 36.6 Å². The number of fused-ring (bicyclic) bond motifs is 1. The Labute approximate surface area is 156 Å². The largest absolute Gasteiger partial charge is 0.343 e. The molecule has 0 saturated carbocycles. The Morgan fingerprint density at radius 3 is 1.38 bits per heavy atom. The van der Waals surface area contributed by atoms with E-state index in [1.807, 2.05) is 0 Å². The third-order valence-corrected chi connectivity index (χ3v) is 5.66. The molecule has 0 bridgehead atoms. The van der Waals surface area contributed by atoms with Gasteiger partial charge < -0.3 is 9.80 Å². The molecule has 0 unspecified atom stereocenters. The molecule has 0 N–H and O–H groups in total. The first-order valence-corrected chi connectivity index (χ1v) is 9.44. The van der Waals surface area contributed by atoms with E-state index in [-0.39, 0.29) is 5.66 Å². The number of benzene rings is 3. The molecule has 132 valence electrons. The van der Waals surface area contributed by atoms with E-state index in [9.17, 15) is 0 Å². The summed E-state index contributed by atoms with van der Waals surface area (Å²) >= 11 is 0. The molecule has 2 heteroatoms. The number of rotatable bonds is 5. The molecule has 0 atom stereocenters. The van der Waals surface area contributed by atoms with Gasteiger partial charge in [-0.15, -0.1) is 0 Å². The maximum absolute atomic E-state index is 2.57. The van der Waals surface area contributed by atoms with Crippen molar-refractivity contribution in [3.05, 3.63) is 96.1 Å². The molecule has 26 heavy (non-hydrogen) atoms. The van der Waals surface area contributed by atoms with Gasteiger partial charge in [0.15, 0.2) is 0 Å². The average molecular weight is 342 g/mol. The van der Waals surface area contributed by atoms with Crippen molar-refractivity contribution in [1.29, 1.82) is 0 Å². The third kappa shape index (κ3) is 2.86. The predicted molar refractivity (Wildman–Crippen MR) is 110 cm³/mol. The van der Waals surface area contributed by atoms with Gasteiger partial charge in [-0.1, -0.05) is 79.7 Å². The molecular formula is C24H26N2. The van der Waals surface area contributed by atoms with Gasteiger partial charge in [-0.25, -0.2) is 0 Å². The Hall–Kier alpha value is -2.74. The number of nitrogens with zero attached hydrogens (tertiary/aromatic N) is 2. The highest BCUT2D eigenvalue weighted by atomic mass is 15.5. The summed E-state index contributed by atoms with van der Waals surface area (Å²) in [5.41, 5.74) is 5.32. The first kappa shape index (κ1) is 16.7. The van der Waals surface area contributed by atoms with Gasteiger partial charge in [-0.2, -0.15) is 0 Å². The summed E-state index contributed by atoms with van der Waals surface area (Å²) in [6.45, 7) is 6.52. The maximum atomic E-state index is 2.57. The van der Waals surface area contributed by atoms with Crippen molar-refractivity contribution >= 4 is 11.4 Å². The molecule has 0 aliphatic carbocycles. The van der Waals surface area contributed by atoms with Crippen LogP contribution in [0, 0.1) is 0 Å². The van der Waals surface area contributed by atoms with E-state index < -0.39 is 0 Å². The van der Waals surface area contributed by atoms with E-state index in [0.717, 1.165) is 19.5 Å². The number of hydrogen-bond donors (Lipinski definition) is 0. The van der Waals surface area contributed by atoms with Crippen molar-refractivity contribution < 1.29 is 0 Å². The van der Waals surface area contributed by atoms with Crippen LogP contribution < -0.4 is 9.80 Å². The van der Waals surface area contributed by atoms with Crippen molar-refractivity contribution in [2.45, 2.75) is 39.0 Å². The second-order valence-corrected chi connectivity index (χ2v) is 7.20. The van der Waals surface area contributed by atoms with E-state index in [4.69, 9.17) is 0 Å². The molecule has 4 rings (SSSR count). The fraction of sp³-hybridized carbons (Fsp3) is 0.250. The summed E-state index contributed by atoms with van der Waals surface area (Å²) in [4.78, 5) is 5.14. The van der Waals surface area contributed by atoms with Crippen LogP contribution in [0.1, 0.15) is 31.4 Å². The standard InChI is InChI=1S/C24H26N2/c1-3-24(2)25(18-20-12-6-4-7-13-20)22-16-10-11-17-23(22)26(24)19-21-14-8-5-9-15-21/h4-17H,3,18-19H2,1-2H3. The van der Waals surface area contributed by atoms with Gasteiger partial charge in [0.25, 0.3) is 0 Å². The van der Waals surface area contributed by atoms with Crippen LogP contribution in [-0.2, 0) is 13.1 Å². The molecule has 0 aromatic heterocycles. The summed E-state index contributed by atoms with van der Waals surface area (Å²) in [5.74, 6) is 0. The first-order chi connectivity index (χ1) is 12.7. The lowest BCUT2D eigenvalue weighted by atomic mass is 10.0. The van der Waals surface area contributed by atoms with Gasteiger partial charge in [0.1, 0.15) is 5.66 Å². The van der Waals surface area contributed by atoms with Gasteiger partial charge in [0.2, 0.25) is 0 Å². The minimum absolute atomic E-state index is 0.0463. The monoisotopic (exact) mass is 342 g/mol. The number of para-hydroxylation sites is 2. The van der Waals surface area contributed by atoms with Crippen LogP contribution in [0.2, 0.25) is 0 Å². The summed E-state index contributed by atoms with van der Waals surface area (Å²) in [7, 11) is 0. The Balaban J connectivity index is 1.75. The molecule has 0 saturated heterocycles. The van der Waals surface area contributed by atoms with Gasteiger partial charge in [0, 0.05) is 13.1 Å². The Bertz CT molecular complexity index is 789. The molecule has 3 aromatic carbocycles. The smallest absolute Gasteiger partial charge is 0.110 e. The average Bonchev–Trinajstić information content (AvgIpc) is 2.93. The molecule has 0 fully saturated rings. The molecule has 0 spiro atoms. The quantitative estimate of drug-likeness (QED) is 0.575. The second-order valence-electron chi connectivity index (χ2n) is 7.20. The lowest BCUT2D eigenvalue weighted by Crippen LogP contribution is -2.53. The normalized spacial score (nSPS) is 15.2. The molecule has 1 aliphatic heterocycles. The van der Waals surface area contributed by atoms with Gasteiger partial charge in [0.05, 0.1) is 11.4 Å². The molecule has 0 amide bonds. The topological polar surface area (TPSA) is 6.48 Å². The van der Waals surface area contributed by atoms with Crippen LogP contribution in [0.15, 0.2) is 84.9 Å². The minimum atomic E-state index is -0.0463. The number of hydrogen-bond acceptors (Lipinski definition) is 2. The van der Waals surface area contributed by atoms with E-state index in [2.05, 4.69) is 109 Å². The van der Waals surface area contributed by atoms with E-state index in [1.165, 1.54) is 22.5 Å². The Morgan fingerprint density at radius 2 is 1.00 bits per heavy atom. The molecule has 3 aromatic rings. The van der Waals surface area contributed by atoms with Crippen molar-refractivity contribution in [3.8, 4) is 0 Å². The SMILES string of the molecule is CCC1(C)N(Cc2ccccc2)c2ccccc2N1Cc1ccccc1. The lowest BCUT2D eigenvalue weighted by Gasteiger charge is -2.43. The second kappa shape index (κ2) is 6.87. The van der Waals surface area contributed by atoms with Crippen molar-refractivity contribution in [1.82, 2.24) is 0 Å². The van der Waals surface area contributed by atoms with Crippen LogP contribution in [0.25, 0.3) is 0 Å². The lowest BCUT2D eigenvalue weighted by molar-refractivity contribution is 0.397. The zero-order valence-electron chi connectivity index (χ0n) is 15.6. The molecule has 1 heterocycles. The van der Waals surface area contributed by atoms with Crippen molar-refractivity contribution in [2.24, 2.45) is 0 Å². The Kier molecular flexibility index (Phi) is 4.42. The van der Waals surface area contributed by atoms with Crippen LogP contribution in [-0.4, -0.2) is 5.66 Å². The highest BCUT2D eigenvalue weighted by molar-refractivity contribution is 5.79. The summed E-state index contributed by atoms with van der Waals surface area (Å²) in [6.07, 6.45) is 1.06. The highest BCUT2D eigenvalue weighted by Crippen LogP contribution is 2.47. The van der Waals surface area contributed by atoms with Gasteiger partial charge >= 0.3 is 0 Å². The van der Waals surface area contributed by atoms with E-state index >= 15 is 0 Å². The van der Waals surface area contributed by atoms with Crippen LogP contribution in [0.5, 0.6) is 0 Å². The van der Waals surface area contributed by atoms with E-state index in [1.54, 1.807) is 0 Å². The summed E-state index contributed by atoms with van der Waals surface area (Å²) in [6, 6.07) is 30.4. The van der Waals surface area contributed by atoms with Crippen molar-refractivity contribution in [2.75, 3.05) is 9.80 Å².